The molecule has 0 spiro atoms. The highest BCUT2D eigenvalue weighted by Crippen LogP contribution is 2.27. The van der Waals surface area contributed by atoms with Crippen molar-refractivity contribution in [2.24, 2.45) is 0 Å². The van der Waals surface area contributed by atoms with E-state index in [0.717, 1.165) is 10.6 Å². The van der Waals surface area contributed by atoms with E-state index in [4.69, 9.17) is 23.2 Å². The van der Waals surface area contributed by atoms with E-state index in [1.54, 1.807) is 31.2 Å². The van der Waals surface area contributed by atoms with Crippen molar-refractivity contribution >= 4 is 56.5 Å². The van der Waals surface area contributed by atoms with E-state index in [1.165, 1.54) is 30.0 Å². The molecular weight excluding hydrogens is 525 g/mol. The fourth-order valence-corrected chi connectivity index (χ4v) is 4.76. The Morgan fingerprint density at radius 1 is 1.03 bits per heavy atom. The van der Waals surface area contributed by atoms with Crippen molar-refractivity contribution < 1.29 is 22.8 Å². The summed E-state index contributed by atoms with van der Waals surface area (Å²) in [5.41, 5.74) is 0.315. The Balaban J connectivity index is 2.50. The molecule has 0 aromatic heterocycles. The Morgan fingerprint density at radius 2 is 1.58 bits per heavy atom. The molecule has 36 heavy (non-hydrogen) atoms. The minimum atomic E-state index is -3.93. The van der Waals surface area contributed by atoms with Crippen molar-refractivity contribution in [2.75, 3.05) is 17.1 Å². The quantitative estimate of drug-likeness (QED) is 0.464. The molecule has 2 aromatic carbocycles. The predicted molar refractivity (Wildman–Crippen MR) is 143 cm³/mol. The van der Waals surface area contributed by atoms with Crippen molar-refractivity contribution in [3.63, 3.8) is 0 Å². The van der Waals surface area contributed by atoms with Crippen LogP contribution in [0.3, 0.4) is 0 Å². The summed E-state index contributed by atoms with van der Waals surface area (Å²) in [5.74, 6) is -1.33. The molecule has 2 amide bonds. The lowest BCUT2D eigenvalue weighted by molar-refractivity contribution is -0.140. The van der Waals surface area contributed by atoms with E-state index in [0.29, 0.717) is 21.2 Å². The summed E-state index contributed by atoms with van der Waals surface area (Å²) in [4.78, 5) is 39.7. The van der Waals surface area contributed by atoms with Gasteiger partial charge in [0.15, 0.2) is 5.78 Å². The van der Waals surface area contributed by atoms with Crippen molar-refractivity contribution in [3.8, 4) is 0 Å². The molecule has 1 unspecified atom stereocenters. The van der Waals surface area contributed by atoms with Crippen LogP contribution in [-0.2, 0) is 26.2 Å². The number of Topliss-reactive ketones (excluding diaryl/α,β-unsaturated/α-hetero) is 1. The van der Waals surface area contributed by atoms with E-state index in [-0.39, 0.29) is 18.0 Å². The predicted octanol–water partition coefficient (Wildman–Crippen LogP) is 4.29. The second-order valence-electron chi connectivity index (χ2n) is 9.51. The smallest absolute Gasteiger partial charge is 0.244 e. The van der Waals surface area contributed by atoms with Crippen LogP contribution < -0.4 is 9.62 Å². The third-order valence-corrected chi connectivity index (χ3v) is 7.12. The second kappa shape index (κ2) is 11.6. The van der Waals surface area contributed by atoms with Crippen molar-refractivity contribution in [3.05, 3.63) is 63.6 Å². The lowest BCUT2D eigenvalue weighted by atomic mass is 10.1. The Hall–Kier alpha value is -2.62. The zero-order valence-electron chi connectivity index (χ0n) is 21.1. The fourth-order valence-electron chi connectivity index (χ4n) is 3.40. The SMILES string of the molecule is CC(=O)c1cccc(N(CC(=O)N(Cc2c(Cl)cccc2Cl)C(C)C(=O)NC(C)(C)C)S(C)(=O)=O)c1. The minimum Gasteiger partial charge on any atom is -0.350 e. The number of carbonyl (C=O) groups excluding carboxylic acids is 3. The van der Waals surface area contributed by atoms with Gasteiger partial charge in [0, 0.05) is 33.3 Å². The number of anilines is 1. The van der Waals surface area contributed by atoms with E-state index in [2.05, 4.69) is 5.32 Å². The van der Waals surface area contributed by atoms with Crippen LogP contribution in [0.5, 0.6) is 0 Å². The van der Waals surface area contributed by atoms with Crippen molar-refractivity contribution in [1.29, 1.82) is 0 Å². The van der Waals surface area contributed by atoms with Crippen LogP contribution in [0.25, 0.3) is 0 Å². The molecule has 1 N–H and O–H groups in total. The first-order chi connectivity index (χ1) is 16.5. The molecule has 0 aliphatic carbocycles. The maximum Gasteiger partial charge on any atom is 0.244 e. The number of rotatable bonds is 9. The van der Waals surface area contributed by atoms with Gasteiger partial charge in [-0.3, -0.25) is 18.7 Å². The van der Waals surface area contributed by atoms with E-state index < -0.39 is 40.0 Å². The Morgan fingerprint density at radius 3 is 2.08 bits per heavy atom. The molecule has 0 heterocycles. The summed E-state index contributed by atoms with van der Waals surface area (Å²) >= 11 is 12.7. The molecule has 11 heteroatoms. The van der Waals surface area contributed by atoms with E-state index in [1.807, 2.05) is 20.8 Å². The first kappa shape index (κ1) is 29.6. The standard InChI is InChI=1S/C25H31Cl2N3O5S/c1-16(24(33)28-25(3,4)5)29(14-20-21(26)11-8-12-22(20)27)23(32)15-30(36(6,34)35)19-10-7-9-18(13-19)17(2)31/h7-13,16H,14-15H2,1-6H3,(H,28,33). The van der Waals surface area contributed by atoms with Gasteiger partial charge in [0.05, 0.1) is 11.9 Å². The Kier molecular flexibility index (Phi) is 9.56. The summed E-state index contributed by atoms with van der Waals surface area (Å²) in [6.07, 6.45) is 0.964. The van der Waals surface area contributed by atoms with E-state index >= 15 is 0 Å². The number of sulfonamides is 1. The molecule has 0 radical (unpaired) electrons. The lowest BCUT2D eigenvalue weighted by Crippen LogP contribution is -2.54. The van der Waals surface area contributed by atoms with Gasteiger partial charge in [-0.2, -0.15) is 0 Å². The monoisotopic (exact) mass is 555 g/mol. The second-order valence-corrected chi connectivity index (χ2v) is 12.2. The highest BCUT2D eigenvalue weighted by atomic mass is 35.5. The van der Waals surface area contributed by atoms with Gasteiger partial charge in [-0.25, -0.2) is 8.42 Å². The van der Waals surface area contributed by atoms with Gasteiger partial charge in [0.25, 0.3) is 0 Å². The van der Waals surface area contributed by atoms with E-state index in [9.17, 15) is 22.8 Å². The van der Waals surface area contributed by atoms with Crippen molar-refractivity contribution in [2.45, 2.75) is 52.7 Å². The van der Waals surface area contributed by atoms with Gasteiger partial charge in [-0.05, 0) is 58.9 Å². The number of carbonyl (C=O) groups is 3. The van der Waals surface area contributed by atoms with Crippen LogP contribution in [-0.4, -0.2) is 55.3 Å². The fraction of sp³-hybridized carbons (Fsp3) is 0.400. The molecule has 0 aliphatic rings. The first-order valence-electron chi connectivity index (χ1n) is 11.1. The van der Waals surface area contributed by atoms with Gasteiger partial charge in [0.1, 0.15) is 12.6 Å². The minimum absolute atomic E-state index is 0.124. The number of benzene rings is 2. The molecule has 0 bridgehead atoms. The van der Waals surface area contributed by atoms with Crippen LogP contribution in [0.4, 0.5) is 5.69 Å². The number of hydrogen-bond donors (Lipinski definition) is 1. The summed E-state index contributed by atoms with van der Waals surface area (Å²) in [5, 5.41) is 3.44. The van der Waals surface area contributed by atoms with Crippen LogP contribution in [0.1, 0.15) is 50.5 Å². The molecule has 1 atom stereocenters. The lowest BCUT2D eigenvalue weighted by Gasteiger charge is -2.33. The maximum atomic E-state index is 13.6. The molecule has 2 rings (SSSR count). The third kappa shape index (κ3) is 7.94. The summed E-state index contributed by atoms with van der Waals surface area (Å²) in [6, 6.07) is 9.89. The largest absolute Gasteiger partial charge is 0.350 e. The van der Waals surface area contributed by atoms with Gasteiger partial charge in [-0.1, -0.05) is 41.4 Å². The molecule has 0 saturated heterocycles. The molecule has 0 fully saturated rings. The maximum absolute atomic E-state index is 13.6. The van der Waals surface area contributed by atoms with Gasteiger partial charge in [-0.15, -0.1) is 0 Å². The molecule has 2 aromatic rings. The molecule has 0 saturated carbocycles. The van der Waals surface area contributed by atoms with Crippen molar-refractivity contribution in [1.82, 2.24) is 10.2 Å². The normalized spacial score (nSPS) is 12.6. The van der Waals surface area contributed by atoms with Crippen LogP contribution in [0, 0.1) is 0 Å². The van der Waals surface area contributed by atoms with Gasteiger partial charge >= 0.3 is 0 Å². The first-order valence-corrected chi connectivity index (χ1v) is 13.7. The Labute approximate surface area is 222 Å². The number of hydrogen-bond acceptors (Lipinski definition) is 5. The zero-order valence-corrected chi connectivity index (χ0v) is 23.5. The highest BCUT2D eigenvalue weighted by Gasteiger charge is 2.32. The summed E-state index contributed by atoms with van der Waals surface area (Å²) in [7, 11) is -3.93. The molecule has 8 nitrogen and oxygen atoms in total. The van der Waals surface area contributed by atoms with Crippen LogP contribution in [0.2, 0.25) is 10.0 Å². The summed E-state index contributed by atoms with van der Waals surface area (Å²) in [6.45, 7) is 7.60. The number of halogens is 2. The van der Waals surface area contributed by atoms with Crippen LogP contribution >= 0.6 is 23.2 Å². The third-order valence-electron chi connectivity index (χ3n) is 5.28. The zero-order chi connectivity index (χ0) is 27.4. The van der Waals surface area contributed by atoms with Crippen LogP contribution in [0.15, 0.2) is 42.5 Å². The van der Waals surface area contributed by atoms with Gasteiger partial charge in [0.2, 0.25) is 21.8 Å². The highest BCUT2D eigenvalue weighted by molar-refractivity contribution is 7.92. The van der Waals surface area contributed by atoms with Gasteiger partial charge < -0.3 is 10.2 Å². The number of ketones is 1. The average Bonchev–Trinajstić information content (AvgIpc) is 2.74. The number of nitrogens with zero attached hydrogens (tertiary/aromatic N) is 2. The molecule has 0 aliphatic heterocycles. The summed E-state index contributed by atoms with van der Waals surface area (Å²) < 4.78 is 26.3. The number of nitrogens with one attached hydrogen (secondary N) is 1. The number of amides is 2. The Bertz CT molecular complexity index is 1240. The molecular formula is C25H31Cl2N3O5S. The average molecular weight is 557 g/mol. The molecule has 196 valence electrons. The topological polar surface area (TPSA) is 104 Å².